The molecule has 0 saturated heterocycles. The van der Waals surface area contributed by atoms with E-state index in [-0.39, 0.29) is 17.6 Å². The van der Waals surface area contributed by atoms with E-state index >= 15 is 0 Å². The number of hydrogen-bond acceptors (Lipinski definition) is 8. The Labute approximate surface area is 184 Å². The number of nitrogens with one attached hydrogen (secondary N) is 1. The second-order valence-electron chi connectivity index (χ2n) is 7.42. The average molecular weight is 481 g/mol. The van der Waals surface area contributed by atoms with Crippen LogP contribution in [0.15, 0.2) is 63.5 Å². The monoisotopic (exact) mass is 480 g/mol. The SMILES string of the molecule is O=C(OCC(=O)N(c1ccccc1)C1C=CS(=O)(=O)C1)c1ccc(S(=O)(=O)NC2CC2)o1. The zero-order valence-corrected chi connectivity index (χ0v) is 18.3. The number of carbonyl (C=O) groups is 2. The predicted molar refractivity (Wildman–Crippen MR) is 113 cm³/mol. The van der Waals surface area contributed by atoms with E-state index in [0.717, 1.165) is 30.4 Å². The number of anilines is 1. The molecule has 1 aliphatic heterocycles. The minimum absolute atomic E-state index is 0.129. The van der Waals surface area contributed by atoms with Crippen LogP contribution in [0.2, 0.25) is 0 Å². The van der Waals surface area contributed by atoms with E-state index in [1.54, 1.807) is 30.3 Å². The molecule has 1 atom stereocenters. The number of carbonyl (C=O) groups excluding carboxylic acids is 2. The Morgan fingerprint density at radius 1 is 1.12 bits per heavy atom. The molecule has 2 aliphatic rings. The smallest absolute Gasteiger partial charge is 0.374 e. The number of furan rings is 1. The van der Waals surface area contributed by atoms with E-state index in [1.165, 1.54) is 11.0 Å². The van der Waals surface area contributed by atoms with Gasteiger partial charge in [-0.25, -0.2) is 26.4 Å². The molecule has 2 aromatic rings. The minimum atomic E-state index is -3.88. The summed E-state index contributed by atoms with van der Waals surface area (Å²) in [7, 11) is -7.31. The summed E-state index contributed by atoms with van der Waals surface area (Å²) < 4.78 is 60.5. The third kappa shape index (κ3) is 5.09. The van der Waals surface area contributed by atoms with Crippen LogP contribution in [0.5, 0.6) is 0 Å². The van der Waals surface area contributed by atoms with E-state index in [1.807, 2.05) is 0 Å². The molecule has 1 unspecified atom stereocenters. The minimum Gasteiger partial charge on any atom is -0.450 e. The van der Waals surface area contributed by atoms with Gasteiger partial charge in [0.2, 0.25) is 10.9 Å². The van der Waals surface area contributed by atoms with Gasteiger partial charge in [-0.05, 0) is 43.2 Å². The van der Waals surface area contributed by atoms with Crippen molar-refractivity contribution < 1.29 is 35.6 Å². The van der Waals surface area contributed by atoms with E-state index in [0.29, 0.717) is 5.69 Å². The first-order valence-electron chi connectivity index (χ1n) is 9.72. The van der Waals surface area contributed by atoms with E-state index in [2.05, 4.69) is 4.72 Å². The Morgan fingerprint density at radius 3 is 2.47 bits per heavy atom. The molecule has 170 valence electrons. The second kappa shape index (κ2) is 8.52. The van der Waals surface area contributed by atoms with E-state index in [4.69, 9.17) is 9.15 Å². The molecular formula is C20H20N2O8S2. The Balaban J connectivity index is 1.44. The number of hydrogen-bond donors (Lipinski definition) is 1. The largest absolute Gasteiger partial charge is 0.450 e. The number of sulfonamides is 1. The highest BCUT2D eigenvalue weighted by Gasteiger charge is 2.33. The Morgan fingerprint density at radius 2 is 1.84 bits per heavy atom. The van der Waals surface area contributed by atoms with Crippen molar-refractivity contribution in [1.82, 2.24) is 4.72 Å². The zero-order chi connectivity index (χ0) is 22.9. The molecule has 4 rings (SSSR count). The van der Waals surface area contributed by atoms with Crippen LogP contribution in [0.3, 0.4) is 0 Å². The Bertz CT molecular complexity index is 1260. The van der Waals surface area contributed by atoms with Gasteiger partial charge in [0.05, 0.1) is 11.8 Å². The van der Waals surface area contributed by atoms with Gasteiger partial charge in [0, 0.05) is 17.1 Å². The van der Waals surface area contributed by atoms with Crippen LogP contribution in [0.25, 0.3) is 0 Å². The number of esters is 1. The van der Waals surface area contributed by atoms with Gasteiger partial charge in [0.15, 0.2) is 16.4 Å². The van der Waals surface area contributed by atoms with Gasteiger partial charge in [-0.1, -0.05) is 18.2 Å². The topological polar surface area (TPSA) is 140 Å². The van der Waals surface area contributed by atoms with E-state index in [9.17, 15) is 26.4 Å². The van der Waals surface area contributed by atoms with Crippen molar-refractivity contribution in [3.63, 3.8) is 0 Å². The van der Waals surface area contributed by atoms with Crippen LogP contribution >= 0.6 is 0 Å². The average Bonchev–Trinajstić information content (AvgIpc) is 3.25. The van der Waals surface area contributed by atoms with Crippen LogP contribution < -0.4 is 9.62 Å². The highest BCUT2D eigenvalue weighted by molar-refractivity contribution is 7.94. The number of para-hydroxylation sites is 1. The number of sulfone groups is 1. The normalized spacial score (nSPS) is 19.6. The summed E-state index contributed by atoms with van der Waals surface area (Å²) in [6.07, 6.45) is 2.89. The summed E-state index contributed by atoms with van der Waals surface area (Å²) in [4.78, 5) is 26.4. The van der Waals surface area contributed by atoms with E-state index < -0.39 is 49.5 Å². The molecule has 1 amide bonds. The summed E-state index contributed by atoms with van der Waals surface area (Å²) in [5.74, 6) is -2.32. The van der Waals surface area contributed by atoms with Crippen molar-refractivity contribution >= 4 is 37.4 Å². The summed E-state index contributed by atoms with van der Waals surface area (Å²) in [5, 5.41) is 0.628. The number of ether oxygens (including phenoxy) is 1. The van der Waals surface area contributed by atoms with Gasteiger partial charge in [0.25, 0.3) is 15.9 Å². The van der Waals surface area contributed by atoms with Crippen LogP contribution in [0.4, 0.5) is 5.69 Å². The predicted octanol–water partition coefficient (Wildman–Crippen LogP) is 1.22. The summed E-state index contributed by atoms with van der Waals surface area (Å²) in [6, 6.07) is 9.80. The van der Waals surface area contributed by atoms with Gasteiger partial charge < -0.3 is 14.1 Å². The standard InChI is InChI=1S/C20H20N2O8S2/c23-18(22(15-4-2-1-3-5-15)16-10-11-31(25,26)13-16)12-29-20(24)17-8-9-19(30-17)32(27,28)21-14-6-7-14/h1-5,8-11,14,16,21H,6-7,12-13H2. The molecule has 12 heteroatoms. The van der Waals surface area contributed by atoms with Crippen molar-refractivity contribution in [2.45, 2.75) is 30.0 Å². The molecule has 1 aromatic carbocycles. The molecule has 2 heterocycles. The Kier molecular flexibility index (Phi) is 5.93. The third-order valence-corrected chi connectivity index (χ3v) is 7.59. The van der Waals surface area contributed by atoms with Crippen molar-refractivity contribution in [3.05, 3.63) is 59.7 Å². The molecular weight excluding hydrogens is 460 g/mol. The summed E-state index contributed by atoms with van der Waals surface area (Å²) in [5.41, 5.74) is 0.442. The van der Waals surface area contributed by atoms with Crippen LogP contribution in [0.1, 0.15) is 23.4 Å². The first-order chi connectivity index (χ1) is 15.1. The molecule has 0 radical (unpaired) electrons. The fourth-order valence-electron chi connectivity index (χ4n) is 3.15. The fraction of sp³-hybridized carbons (Fsp3) is 0.300. The lowest BCUT2D eigenvalue weighted by atomic mass is 10.2. The quantitative estimate of drug-likeness (QED) is 0.556. The number of amides is 1. The van der Waals surface area contributed by atoms with Crippen LogP contribution in [-0.4, -0.2) is 53.2 Å². The molecule has 1 aromatic heterocycles. The maximum absolute atomic E-state index is 12.9. The zero-order valence-electron chi connectivity index (χ0n) is 16.7. The fourth-order valence-corrected chi connectivity index (χ4v) is 5.66. The van der Waals surface area contributed by atoms with Gasteiger partial charge in [-0.15, -0.1) is 0 Å². The molecule has 0 bridgehead atoms. The lowest BCUT2D eigenvalue weighted by molar-refractivity contribution is -0.122. The van der Waals surface area contributed by atoms with Crippen LogP contribution in [0, 0.1) is 0 Å². The molecule has 0 spiro atoms. The molecule has 10 nitrogen and oxygen atoms in total. The lowest BCUT2D eigenvalue weighted by Gasteiger charge is -2.27. The summed E-state index contributed by atoms with van der Waals surface area (Å²) >= 11 is 0. The first kappa shape index (κ1) is 22.2. The lowest BCUT2D eigenvalue weighted by Crippen LogP contribution is -2.43. The summed E-state index contributed by atoms with van der Waals surface area (Å²) in [6.45, 7) is -0.693. The third-order valence-electron chi connectivity index (χ3n) is 4.82. The van der Waals surface area contributed by atoms with Gasteiger partial charge in [-0.3, -0.25) is 4.79 Å². The maximum Gasteiger partial charge on any atom is 0.374 e. The molecule has 1 aliphatic carbocycles. The van der Waals surface area contributed by atoms with Crippen LogP contribution in [-0.2, 0) is 29.4 Å². The Hall–Kier alpha value is -2.96. The van der Waals surface area contributed by atoms with Gasteiger partial charge in [0.1, 0.15) is 0 Å². The highest BCUT2D eigenvalue weighted by atomic mass is 32.2. The second-order valence-corrected chi connectivity index (χ2v) is 11.0. The van der Waals surface area contributed by atoms with Crippen molar-refractivity contribution in [3.8, 4) is 0 Å². The van der Waals surface area contributed by atoms with Crippen molar-refractivity contribution in [2.75, 3.05) is 17.3 Å². The van der Waals surface area contributed by atoms with Crippen molar-refractivity contribution in [1.29, 1.82) is 0 Å². The van der Waals surface area contributed by atoms with Crippen molar-refractivity contribution in [2.24, 2.45) is 0 Å². The number of rotatable bonds is 8. The highest BCUT2D eigenvalue weighted by Crippen LogP contribution is 2.24. The van der Waals surface area contributed by atoms with Gasteiger partial charge in [-0.2, -0.15) is 0 Å². The molecule has 32 heavy (non-hydrogen) atoms. The number of benzene rings is 1. The molecule has 1 saturated carbocycles. The molecule has 1 fully saturated rings. The van der Waals surface area contributed by atoms with Gasteiger partial charge >= 0.3 is 5.97 Å². The maximum atomic E-state index is 12.9. The molecule has 1 N–H and O–H groups in total. The first-order valence-corrected chi connectivity index (χ1v) is 12.9. The number of nitrogens with zero attached hydrogens (tertiary/aromatic N) is 1.